The second kappa shape index (κ2) is 51.7. The van der Waals surface area contributed by atoms with Crippen LogP contribution >= 0.6 is 0 Å². The molecule has 0 unspecified atom stereocenters. The van der Waals surface area contributed by atoms with E-state index < -0.39 is 0 Å². The van der Waals surface area contributed by atoms with E-state index in [4.69, 9.17) is 0 Å². The van der Waals surface area contributed by atoms with Gasteiger partial charge >= 0.3 is 50.3 Å². The van der Waals surface area contributed by atoms with Crippen LogP contribution in [0.5, 0.6) is 0 Å². The Labute approximate surface area is 61.3 Å². The van der Waals surface area contributed by atoms with Gasteiger partial charge in [-0.25, -0.2) is 0 Å². The van der Waals surface area contributed by atoms with Gasteiger partial charge in [-0.05, 0) is 0 Å². The minimum atomic E-state index is 0. The maximum absolute atomic E-state index is 0. The van der Waals surface area contributed by atoms with Crippen molar-refractivity contribution in [2.24, 2.45) is 0 Å². The van der Waals surface area contributed by atoms with Crippen LogP contribution in [-0.2, 0) is 61.3 Å². The molecule has 0 fully saturated rings. The Bertz CT molecular complexity index is 9.61. The molecule has 0 atom stereocenters. The van der Waals surface area contributed by atoms with Crippen molar-refractivity contribution in [1.29, 1.82) is 0 Å². The largest absolute Gasteiger partial charge is 2.00 e. The zero-order valence-electron chi connectivity index (χ0n) is 1.84. The molecule has 0 aromatic heterocycles. The molecule has 0 aliphatic carbocycles. The first-order valence-corrected chi connectivity index (χ1v) is 0. The zero-order valence-corrected chi connectivity index (χ0v) is 5.05. The van der Waals surface area contributed by atoms with Crippen LogP contribution in [-0.4, -0.2) is 0 Å². The van der Waals surface area contributed by atoms with E-state index >= 15 is 0 Å². The van der Waals surface area contributed by atoms with E-state index in [1.807, 2.05) is 0 Å². The monoisotopic (exact) mass is 204 g/mol. The van der Waals surface area contributed by atoms with Crippen LogP contribution in [0.4, 0.5) is 0 Å². The maximum Gasteiger partial charge on any atom is 2.00 e. The Morgan fingerprint density at radius 2 is 0.800 bits per heavy atom. The molecule has 0 N–H and O–H groups in total. The van der Waals surface area contributed by atoms with Crippen LogP contribution in [0.25, 0.3) is 0 Å². The third kappa shape index (κ3) is 31.1. The number of hydrogen-bond donors (Lipinski definition) is 0. The normalized spacial score (nSPS) is 0. The standard InChI is InChI=1S/Co.Mn.Ni.2O/q3*+2;2*-2. The second-order valence-electron chi connectivity index (χ2n) is 0. The molecule has 0 saturated heterocycles. The second-order valence-corrected chi connectivity index (χ2v) is 0. The molecule has 5 heavy (non-hydrogen) atoms. The van der Waals surface area contributed by atoms with Crippen LogP contribution in [0, 0.1) is 0 Å². The molecule has 0 aromatic carbocycles. The fourth-order valence-corrected chi connectivity index (χ4v) is 0. The summed E-state index contributed by atoms with van der Waals surface area (Å²) in [7, 11) is 0. The summed E-state index contributed by atoms with van der Waals surface area (Å²) in [6.07, 6.45) is 0. The molecule has 0 aliphatic rings. The molecule has 0 rings (SSSR count). The minimum absolute atomic E-state index is 0. The summed E-state index contributed by atoms with van der Waals surface area (Å²) in [6.45, 7) is 0. The van der Waals surface area contributed by atoms with Crippen molar-refractivity contribution in [2.45, 2.75) is 0 Å². The van der Waals surface area contributed by atoms with Crippen molar-refractivity contribution in [3.63, 3.8) is 0 Å². The first-order chi connectivity index (χ1) is 0. The maximum atomic E-state index is 0. The van der Waals surface area contributed by atoms with Crippen LogP contribution < -0.4 is 0 Å². The third-order valence-electron chi connectivity index (χ3n) is 0. The molecule has 0 bridgehead atoms. The molecule has 2 radical (unpaired) electrons. The number of hydrogen-bond acceptors (Lipinski definition) is 0. The summed E-state index contributed by atoms with van der Waals surface area (Å²) < 4.78 is 0. The van der Waals surface area contributed by atoms with Gasteiger partial charge in [-0.2, -0.15) is 0 Å². The molecule has 2 nitrogen and oxygen atoms in total. The fraction of sp³-hybridized carbons (Fsp3) is 0. The summed E-state index contributed by atoms with van der Waals surface area (Å²) in [6, 6.07) is 0. The topological polar surface area (TPSA) is 57.0 Å². The van der Waals surface area contributed by atoms with E-state index in [0.29, 0.717) is 0 Å². The molecule has 36 valence electrons. The van der Waals surface area contributed by atoms with Gasteiger partial charge in [0.1, 0.15) is 0 Å². The summed E-state index contributed by atoms with van der Waals surface area (Å²) in [5, 5.41) is 0. The van der Waals surface area contributed by atoms with Crippen LogP contribution in [0.15, 0.2) is 0 Å². The van der Waals surface area contributed by atoms with E-state index in [-0.39, 0.29) is 61.3 Å². The fourth-order valence-electron chi connectivity index (χ4n) is 0. The molecule has 0 amide bonds. The van der Waals surface area contributed by atoms with Crippen LogP contribution in [0.3, 0.4) is 0 Å². The van der Waals surface area contributed by atoms with Crippen LogP contribution in [0.2, 0.25) is 0 Å². The molecular weight excluding hydrogens is 205 g/mol. The van der Waals surface area contributed by atoms with E-state index in [2.05, 4.69) is 0 Å². The van der Waals surface area contributed by atoms with Gasteiger partial charge in [-0.3, -0.25) is 0 Å². The third-order valence-corrected chi connectivity index (χ3v) is 0. The van der Waals surface area contributed by atoms with Gasteiger partial charge < -0.3 is 11.0 Å². The van der Waals surface area contributed by atoms with Crippen molar-refractivity contribution >= 4 is 0 Å². The van der Waals surface area contributed by atoms with Crippen LogP contribution in [0.1, 0.15) is 0 Å². The molecule has 0 heterocycles. The SMILES string of the molecule is [Co+2].[Mn+2].[Ni+2].[O-2].[O-2]. The Morgan fingerprint density at radius 1 is 0.800 bits per heavy atom. The van der Waals surface area contributed by atoms with Crippen molar-refractivity contribution in [3.8, 4) is 0 Å². The van der Waals surface area contributed by atoms with E-state index in [1.165, 1.54) is 0 Å². The van der Waals surface area contributed by atoms with Crippen molar-refractivity contribution < 1.29 is 61.3 Å². The van der Waals surface area contributed by atoms with Crippen molar-refractivity contribution in [3.05, 3.63) is 0 Å². The van der Waals surface area contributed by atoms with E-state index in [1.54, 1.807) is 0 Å². The summed E-state index contributed by atoms with van der Waals surface area (Å²) in [4.78, 5) is 0. The predicted octanol–water partition coefficient (Wildman–Crippen LogP) is -0.245. The van der Waals surface area contributed by atoms with E-state index in [9.17, 15) is 0 Å². The Kier molecular flexibility index (Phi) is 951. The first kappa shape index (κ1) is 92.0. The average molecular weight is 205 g/mol. The van der Waals surface area contributed by atoms with Gasteiger partial charge in [-0.1, -0.05) is 0 Å². The Morgan fingerprint density at radius 3 is 0.800 bits per heavy atom. The van der Waals surface area contributed by atoms with E-state index in [0.717, 1.165) is 0 Å². The predicted molar refractivity (Wildman–Crippen MR) is 1.37 cm³/mol. The van der Waals surface area contributed by atoms with Gasteiger partial charge in [0.2, 0.25) is 0 Å². The molecule has 0 aromatic rings. The minimum Gasteiger partial charge on any atom is -2.00 e. The van der Waals surface area contributed by atoms with Gasteiger partial charge in [0.05, 0.1) is 0 Å². The van der Waals surface area contributed by atoms with Gasteiger partial charge in [0, 0.05) is 0 Å². The quantitative estimate of drug-likeness (QED) is 0.489. The molecule has 0 saturated carbocycles. The van der Waals surface area contributed by atoms with Gasteiger partial charge in [0.25, 0.3) is 0 Å². The van der Waals surface area contributed by atoms with Crippen molar-refractivity contribution in [2.75, 3.05) is 0 Å². The molecule has 0 spiro atoms. The average Bonchev–Trinajstić information content (AvgIpc) is 0. The Hall–Kier alpha value is 1.44. The summed E-state index contributed by atoms with van der Waals surface area (Å²) >= 11 is 0. The first-order valence-electron chi connectivity index (χ1n) is 0. The molecular formula is CoMnNiO2+2. The summed E-state index contributed by atoms with van der Waals surface area (Å²) in [5.41, 5.74) is 0. The zero-order chi connectivity index (χ0) is 0. The van der Waals surface area contributed by atoms with Gasteiger partial charge in [0.15, 0.2) is 0 Å². The Balaban J connectivity index is 0. The molecule has 0 aliphatic heterocycles. The molecule has 5 heteroatoms. The smallest absolute Gasteiger partial charge is 2.00 e. The van der Waals surface area contributed by atoms with Crippen molar-refractivity contribution in [1.82, 2.24) is 0 Å². The summed E-state index contributed by atoms with van der Waals surface area (Å²) in [5.74, 6) is 0. The van der Waals surface area contributed by atoms with Gasteiger partial charge in [-0.15, -0.1) is 0 Å². The number of rotatable bonds is 0.